The van der Waals surface area contributed by atoms with Crippen LogP contribution in [0.25, 0.3) is 0 Å². The van der Waals surface area contributed by atoms with Gasteiger partial charge in [-0.05, 0) is 13.3 Å². The molecule has 0 heterocycles. The van der Waals surface area contributed by atoms with E-state index in [4.69, 9.17) is 5.11 Å². The van der Waals surface area contributed by atoms with Crippen LogP contribution in [0.2, 0.25) is 0 Å². The van der Waals surface area contributed by atoms with Crippen LogP contribution < -0.4 is 5.32 Å². The van der Waals surface area contributed by atoms with Crippen LogP contribution in [0.1, 0.15) is 20.3 Å². The molecule has 0 bridgehead atoms. The fourth-order valence-corrected chi connectivity index (χ4v) is 1.05. The van der Waals surface area contributed by atoms with Gasteiger partial charge < -0.3 is 15.3 Å². The van der Waals surface area contributed by atoms with Crippen LogP contribution in [0.4, 0.5) is 0 Å². The molecule has 0 radical (unpaired) electrons. The number of hydrogen-bond acceptors (Lipinski definition) is 3. The second-order valence-electron chi connectivity index (χ2n) is 3.60. The minimum Gasteiger partial charge on any atom is -0.481 e. The van der Waals surface area contributed by atoms with Gasteiger partial charge in [0.1, 0.15) is 5.92 Å². The summed E-state index contributed by atoms with van der Waals surface area (Å²) >= 11 is 0. The lowest BCUT2D eigenvalue weighted by Crippen LogP contribution is -2.42. The first kappa shape index (κ1) is 14.4. The maximum atomic E-state index is 11.5. The van der Waals surface area contributed by atoms with E-state index in [0.29, 0.717) is 6.54 Å². The Morgan fingerprint density at radius 2 is 1.94 bits per heavy atom. The minimum atomic E-state index is -1.19. The Hall–Kier alpha value is -1.59. The topological polar surface area (TPSA) is 86.7 Å². The fourth-order valence-electron chi connectivity index (χ4n) is 1.05. The van der Waals surface area contributed by atoms with Crippen LogP contribution in [-0.2, 0) is 14.4 Å². The summed E-state index contributed by atoms with van der Waals surface area (Å²) in [6, 6.07) is 0. The highest BCUT2D eigenvalue weighted by Gasteiger charge is 2.24. The van der Waals surface area contributed by atoms with Gasteiger partial charge in [-0.3, -0.25) is 14.4 Å². The molecule has 6 nitrogen and oxygen atoms in total. The Morgan fingerprint density at radius 1 is 1.38 bits per heavy atom. The molecule has 0 rings (SSSR count). The molecule has 16 heavy (non-hydrogen) atoms. The number of aliphatic carboxylic acids is 1. The lowest BCUT2D eigenvalue weighted by molar-refractivity contribution is -0.150. The van der Waals surface area contributed by atoms with Gasteiger partial charge >= 0.3 is 5.97 Å². The van der Waals surface area contributed by atoms with Crippen molar-refractivity contribution in [2.45, 2.75) is 20.3 Å². The largest absolute Gasteiger partial charge is 0.481 e. The molecule has 0 aliphatic carbocycles. The highest BCUT2D eigenvalue weighted by Crippen LogP contribution is 2.00. The van der Waals surface area contributed by atoms with Crippen molar-refractivity contribution in [3.8, 4) is 0 Å². The summed E-state index contributed by atoms with van der Waals surface area (Å²) in [6.07, 6.45) is 0.814. The molecular formula is C10H18N2O4. The number of carbonyl (C=O) groups excluding carboxylic acids is 2. The minimum absolute atomic E-state index is 0.115. The molecular weight excluding hydrogens is 212 g/mol. The fraction of sp³-hybridized carbons (Fsp3) is 0.700. The van der Waals surface area contributed by atoms with Gasteiger partial charge in [-0.1, -0.05) is 6.92 Å². The molecule has 0 saturated heterocycles. The maximum Gasteiger partial charge on any atom is 0.315 e. The van der Waals surface area contributed by atoms with Gasteiger partial charge in [-0.15, -0.1) is 0 Å². The number of nitrogens with one attached hydrogen (secondary N) is 1. The zero-order valence-corrected chi connectivity index (χ0v) is 9.82. The van der Waals surface area contributed by atoms with E-state index in [1.54, 1.807) is 0 Å². The second-order valence-corrected chi connectivity index (χ2v) is 3.60. The SMILES string of the molecule is CCCNC(=O)CN(C)C(=O)C(C)C(=O)O. The summed E-state index contributed by atoms with van der Waals surface area (Å²) in [5, 5.41) is 11.2. The quantitative estimate of drug-likeness (QED) is 0.613. The van der Waals surface area contributed by atoms with Crippen molar-refractivity contribution in [1.29, 1.82) is 0 Å². The maximum absolute atomic E-state index is 11.5. The van der Waals surface area contributed by atoms with Gasteiger partial charge in [0.25, 0.3) is 0 Å². The van der Waals surface area contributed by atoms with E-state index in [1.807, 2.05) is 6.92 Å². The zero-order chi connectivity index (χ0) is 12.7. The van der Waals surface area contributed by atoms with Crippen LogP contribution >= 0.6 is 0 Å². The highest BCUT2D eigenvalue weighted by atomic mass is 16.4. The third-order valence-corrected chi connectivity index (χ3v) is 2.07. The number of likely N-dealkylation sites (N-methyl/N-ethyl adjacent to an activating group) is 1. The van der Waals surface area contributed by atoms with Gasteiger partial charge in [-0.2, -0.15) is 0 Å². The van der Waals surface area contributed by atoms with Gasteiger partial charge in [0.05, 0.1) is 6.54 Å². The molecule has 6 heteroatoms. The Bertz CT molecular complexity index is 278. The molecule has 2 N–H and O–H groups in total. The molecule has 0 fully saturated rings. The molecule has 0 spiro atoms. The van der Waals surface area contributed by atoms with E-state index in [0.717, 1.165) is 11.3 Å². The molecule has 0 aliphatic heterocycles. The number of hydrogen-bond donors (Lipinski definition) is 2. The van der Waals surface area contributed by atoms with Gasteiger partial charge in [-0.25, -0.2) is 0 Å². The average Bonchev–Trinajstić information content (AvgIpc) is 2.23. The normalized spacial score (nSPS) is 11.7. The molecule has 0 aromatic rings. The molecule has 92 valence electrons. The summed E-state index contributed by atoms with van der Waals surface area (Å²) in [4.78, 5) is 34.4. The predicted octanol–water partition coefficient (Wildman–Crippen LogP) is -0.308. The van der Waals surface area contributed by atoms with Gasteiger partial charge in [0.2, 0.25) is 11.8 Å². The van der Waals surface area contributed by atoms with E-state index < -0.39 is 17.8 Å². The smallest absolute Gasteiger partial charge is 0.315 e. The molecule has 0 aliphatic rings. The predicted molar refractivity (Wildman–Crippen MR) is 57.7 cm³/mol. The first-order valence-electron chi connectivity index (χ1n) is 5.14. The molecule has 0 aromatic heterocycles. The highest BCUT2D eigenvalue weighted by molar-refractivity contribution is 5.97. The number of rotatable bonds is 6. The lowest BCUT2D eigenvalue weighted by atomic mass is 10.1. The van der Waals surface area contributed by atoms with E-state index in [-0.39, 0.29) is 12.5 Å². The molecule has 0 saturated carbocycles. The molecule has 1 unspecified atom stereocenters. The third-order valence-electron chi connectivity index (χ3n) is 2.07. The van der Waals surface area contributed by atoms with Crippen LogP contribution in [0, 0.1) is 5.92 Å². The van der Waals surface area contributed by atoms with Crippen molar-refractivity contribution in [1.82, 2.24) is 10.2 Å². The number of amides is 2. The average molecular weight is 230 g/mol. The Labute approximate surface area is 94.6 Å². The van der Waals surface area contributed by atoms with Crippen molar-refractivity contribution < 1.29 is 19.5 Å². The number of carbonyl (C=O) groups is 3. The van der Waals surface area contributed by atoms with Crippen molar-refractivity contribution in [2.75, 3.05) is 20.1 Å². The van der Waals surface area contributed by atoms with Crippen LogP contribution in [0.3, 0.4) is 0 Å². The monoisotopic (exact) mass is 230 g/mol. The third kappa shape index (κ3) is 4.77. The standard InChI is InChI=1S/C10H18N2O4/c1-4-5-11-8(13)6-12(3)9(14)7(2)10(15)16/h7H,4-6H2,1-3H3,(H,11,13)(H,15,16). The zero-order valence-electron chi connectivity index (χ0n) is 9.82. The van der Waals surface area contributed by atoms with Crippen molar-refractivity contribution >= 4 is 17.8 Å². The molecule has 0 aromatic carbocycles. The Balaban J connectivity index is 4.14. The lowest BCUT2D eigenvalue weighted by Gasteiger charge is -2.18. The number of carboxylic acids is 1. The Kier molecular flexibility index (Phi) is 6.14. The summed E-state index contributed by atoms with van der Waals surface area (Å²) in [6.45, 7) is 3.65. The van der Waals surface area contributed by atoms with E-state index >= 15 is 0 Å². The van der Waals surface area contributed by atoms with E-state index in [2.05, 4.69) is 5.32 Å². The number of carboxylic acid groups (broad SMARTS) is 1. The van der Waals surface area contributed by atoms with Crippen LogP contribution in [0.5, 0.6) is 0 Å². The van der Waals surface area contributed by atoms with Crippen molar-refractivity contribution in [3.63, 3.8) is 0 Å². The van der Waals surface area contributed by atoms with Crippen molar-refractivity contribution in [2.24, 2.45) is 5.92 Å². The van der Waals surface area contributed by atoms with Gasteiger partial charge in [0.15, 0.2) is 0 Å². The Morgan fingerprint density at radius 3 is 2.38 bits per heavy atom. The second kappa shape index (κ2) is 6.81. The molecule has 2 amide bonds. The van der Waals surface area contributed by atoms with Crippen molar-refractivity contribution in [3.05, 3.63) is 0 Å². The summed E-state index contributed by atoms with van der Waals surface area (Å²) in [5.41, 5.74) is 0. The first-order valence-corrected chi connectivity index (χ1v) is 5.14. The summed E-state index contributed by atoms with van der Waals surface area (Å²) in [7, 11) is 1.41. The van der Waals surface area contributed by atoms with E-state index in [1.165, 1.54) is 14.0 Å². The summed E-state index contributed by atoms with van der Waals surface area (Å²) < 4.78 is 0. The number of nitrogens with zero attached hydrogens (tertiary/aromatic N) is 1. The first-order chi connectivity index (χ1) is 7.40. The summed E-state index contributed by atoms with van der Waals surface area (Å²) in [5.74, 6) is -3.16. The van der Waals surface area contributed by atoms with Crippen LogP contribution in [-0.4, -0.2) is 47.9 Å². The van der Waals surface area contributed by atoms with Gasteiger partial charge in [0, 0.05) is 13.6 Å². The van der Waals surface area contributed by atoms with Crippen LogP contribution in [0.15, 0.2) is 0 Å². The van der Waals surface area contributed by atoms with E-state index in [9.17, 15) is 14.4 Å². The molecule has 1 atom stereocenters.